The molecule has 0 aliphatic heterocycles. The Kier molecular flexibility index (Phi) is 8.59. The smallest absolute Gasteiger partial charge is 0.133 e. The summed E-state index contributed by atoms with van der Waals surface area (Å²) in [6.45, 7) is 0.458. The van der Waals surface area contributed by atoms with Crippen LogP contribution in [0.3, 0.4) is 0 Å². The van der Waals surface area contributed by atoms with Crippen LogP contribution >= 0.6 is 0 Å². The Balaban J connectivity index is 0.000000292. The molecule has 0 fully saturated rings. The molecule has 1 aromatic carbocycles. The summed E-state index contributed by atoms with van der Waals surface area (Å²) in [5, 5.41) is 2.65. The summed E-state index contributed by atoms with van der Waals surface area (Å²) >= 11 is 0. The minimum atomic E-state index is 0.458. The number of carbonyl (C=O) groups is 2. The molecule has 0 aliphatic carbocycles. The van der Waals surface area contributed by atoms with Gasteiger partial charge in [-0.25, -0.2) is 0 Å². The van der Waals surface area contributed by atoms with Crippen molar-refractivity contribution in [1.82, 2.24) is 5.32 Å². The first-order valence-corrected chi connectivity index (χ1v) is 4.41. The molecule has 0 saturated heterocycles. The van der Waals surface area contributed by atoms with Gasteiger partial charge in [-0.3, -0.25) is 0 Å². The van der Waals surface area contributed by atoms with Crippen molar-refractivity contribution in [2.45, 2.75) is 6.42 Å². The minimum Gasteiger partial charge on any atom is -0.313 e. The molecule has 0 aliphatic rings. The Hall–Kier alpha value is -1.48. The lowest BCUT2D eigenvalue weighted by atomic mass is 10.2. The molecule has 1 N–H and O–H groups in total. The van der Waals surface area contributed by atoms with Gasteiger partial charge in [0.15, 0.2) is 0 Å². The van der Waals surface area contributed by atoms with Gasteiger partial charge in [0.05, 0.1) is 6.54 Å². The third kappa shape index (κ3) is 7.18. The third-order valence-corrected chi connectivity index (χ3v) is 1.45. The molecule has 1 aromatic rings. The summed E-state index contributed by atoms with van der Waals surface area (Å²) in [5.41, 5.74) is 1.08. The molecule has 0 unspecified atom stereocenters. The van der Waals surface area contributed by atoms with Crippen LogP contribution in [0, 0.1) is 0 Å². The molecule has 0 bridgehead atoms. The maximum absolute atomic E-state index is 9.97. The van der Waals surface area contributed by atoms with Crippen molar-refractivity contribution in [3.05, 3.63) is 35.9 Å². The fraction of sp³-hybridized carbons (Fsp3) is 0.273. The Morgan fingerprint density at radius 1 is 1.14 bits per heavy atom. The first kappa shape index (κ1) is 12.5. The van der Waals surface area contributed by atoms with E-state index in [2.05, 4.69) is 5.32 Å². The molecule has 1 rings (SSSR count). The van der Waals surface area contributed by atoms with Gasteiger partial charge in [-0.1, -0.05) is 30.3 Å². The zero-order chi connectivity index (χ0) is 10.6. The van der Waals surface area contributed by atoms with Gasteiger partial charge in [0.2, 0.25) is 0 Å². The van der Waals surface area contributed by atoms with Crippen molar-refractivity contribution in [2.24, 2.45) is 0 Å². The van der Waals surface area contributed by atoms with Gasteiger partial charge in [0, 0.05) is 6.42 Å². The van der Waals surface area contributed by atoms with E-state index in [1.807, 2.05) is 30.3 Å². The number of nitrogens with one attached hydrogen (secondary N) is 1. The maximum atomic E-state index is 9.97. The molecule has 0 heterocycles. The highest BCUT2D eigenvalue weighted by Gasteiger charge is 1.84. The van der Waals surface area contributed by atoms with E-state index < -0.39 is 0 Å². The van der Waals surface area contributed by atoms with Gasteiger partial charge in [-0.15, -0.1) is 0 Å². The van der Waals surface area contributed by atoms with Gasteiger partial charge in [0.25, 0.3) is 0 Å². The second kappa shape index (κ2) is 9.61. The molecule has 0 atom stereocenters. The number of rotatable bonds is 4. The number of hydrogen-bond acceptors (Lipinski definition) is 3. The normalized spacial score (nSPS) is 8.36. The van der Waals surface area contributed by atoms with Crippen LogP contribution in [0.5, 0.6) is 0 Å². The van der Waals surface area contributed by atoms with Gasteiger partial charge in [-0.2, -0.15) is 0 Å². The summed E-state index contributed by atoms with van der Waals surface area (Å²) in [4.78, 5) is 19.3. The highest BCUT2D eigenvalue weighted by molar-refractivity contribution is 5.54. The topological polar surface area (TPSA) is 46.2 Å². The van der Waals surface area contributed by atoms with Gasteiger partial charge < -0.3 is 14.9 Å². The molecular formula is C11H15NO2. The van der Waals surface area contributed by atoms with E-state index >= 15 is 0 Å². The first-order chi connectivity index (χ1) is 6.85. The van der Waals surface area contributed by atoms with Gasteiger partial charge in [-0.05, 0) is 12.6 Å². The Morgan fingerprint density at radius 3 is 2.14 bits per heavy atom. The van der Waals surface area contributed by atoms with Crippen molar-refractivity contribution in [3.8, 4) is 0 Å². The van der Waals surface area contributed by atoms with E-state index in [9.17, 15) is 9.59 Å². The van der Waals surface area contributed by atoms with E-state index in [1.54, 1.807) is 7.05 Å². The third-order valence-electron chi connectivity index (χ3n) is 1.45. The molecule has 3 heteroatoms. The molecule has 0 radical (unpaired) electrons. The molecule has 0 spiro atoms. The van der Waals surface area contributed by atoms with Crippen molar-refractivity contribution in [3.63, 3.8) is 0 Å². The summed E-state index contributed by atoms with van der Waals surface area (Å²) in [6, 6.07) is 9.68. The number of aldehydes is 2. The summed E-state index contributed by atoms with van der Waals surface area (Å²) in [7, 11) is 1.73. The van der Waals surface area contributed by atoms with Crippen molar-refractivity contribution >= 4 is 12.6 Å². The SMILES string of the molecule is CNCC=O.O=CCc1ccccc1. The van der Waals surface area contributed by atoms with Crippen LogP contribution in [0.2, 0.25) is 0 Å². The molecule has 76 valence electrons. The zero-order valence-corrected chi connectivity index (χ0v) is 8.27. The number of carbonyl (C=O) groups excluding carboxylic acids is 2. The number of likely N-dealkylation sites (N-methyl/N-ethyl adjacent to an activating group) is 1. The van der Waals surface area contributed by atoms with Crippen LogP contribution in [0.1, 0.15) is 5.56 Å². The van der Waals surface area contributed by atoms with Crippen LogP contribution in [0.25, 0.3) is 0 Å². The molecule has 14 heavy (non-hydrogen) atoms. The standard InChI is InChI=1S/C8H8O.C3H7NO/c9-7-6-8-4-2-1-3-5-8;1-4-2-3-5/h1-5,7H,6H2;3-4H,2H2,1H3. The predicted molar refractivity (Wildman–Crippen MR) is 56.2 cm³/mol. The quantitative estimate of drug-likeness (QED) is 0.720. The van der Waals surface area contributed by atoms with Crippen LogP contribution < -0.4 is 5.32 Å². The molecular weight excluding hydrogens is 178 g/mol. The second-order valence-electron chi connectivity index (χ2n) is 2.58. The molecule has 0 amide bonds. The molecule has 0 aromatic heterocycles. The van der Waals surface area contributed by atoms with Crippen LogP contribution in [0.15, 0.2) is 30.3 Å². The fourth-order valence-electron chi connectivity index (χ4n) is 0.794. The Morgan fingerprint density at radius 2 is 1.79 bits per heavy atom. The van der Waals surface area contributed by atoms with Crippen LogP contribution in [-0.4, -0.2) is 26.2 Å². The lowest BCUT2D eigenvalue weighted by Gasteiger charge is -1.89. The van der Waals surface area contributed by atoms with E-state index in [4.69, 9.17) is 0 Å². The van der Waals surface area contributed by atoms with E-state index in [0.717, 1.165) is 18.1 Å². The second-order valence-corrected chi connectivity index (χ2v) is 2.58. The van der Waals surface area contributed by atoms with Crippen LogP contribution in [0.4, 0.5) is 0 Å². The molecule has 3 nitrogen and oxygen atoms in total. The summed E-state index contributed by atoms with van der Waals surface area (Å²) in [6.07, 6.45) is 2.26. The van der Waals surface area contributed by atoms with E-state index in [-0.39, 0.29) is 0 Å². The van der Waals surface area contributed by atoms with Gasteiger partial charge >= 0.3 is 0 Å². The lowest BCUT2D eigenvalue weighted by molar-refractivity contribution is -0.108. The van der Waals surface area contributed by atoms with Crippen molar-refractivity contribution < 1.29 is 9.59 Å². The summed E-state index contributed by atoms with van der Waals surface area (Å²) in [5.74, 6) is 0. The first-order valence-electron chi connectivity index (χ1n) is 4.41. The largest absolute Gasteiger partial charge is 0.313 e. The fourth-order valence-corrected chi connectivity index (χ4v) is 0.794. The van der Waals surface area contributed by atoms with E-state index in [0.29, 0.717) is 13.0 Å². The van der Waals surface area contributed by atoms with Crippen molar-refractivity contribution in [2.75, 3.05) is 13.6 Å². The highest BCUT2D eigenvalue weighted by atomic mass is 16.1. The highest BCUT2D eigenvalue weighted by Crippen LogP contribution is 1.96. The Labute approximate surface area is 84.1 Å². The monoisotopic (exact) mass is 193 g/mol. The van der Waals surface area contributed by atoms with Crippen molar-refractivity contribution in [1.29, 1.82) is 0 Å². The average Bonchev–Trinajstić information content (AvgIpc) is 2.22. The maximum Gasteiger partial charge on any atom is 0.133 e. The zero-order valence-electron chi connectivity index (χ0n) is 8.27. The molecule has 0 saturated carbocycles. The minimum absolute atomic E-state index is 0.458. The van der Waals surface area contributed by atoms with Gasteiger partial charge in [0.1, 0.15) is 12.6 Å². The number of benzene rings is 1. The Bertz CT molecular complexity index is 247. The average molecular weight is 193 g/mol. The lowest BCUT2D eigenvalue weighted by Crippen LogP contribution is -2.07. The summed E-state index contributed by atoms with van der Waals surface area (Å²) < 4.78 is 0. The number of hydrogen-bond donors (Lipinski definition) is 1. The predicted octanol–water partition coefficient (Wildman–Crippen LogP) is 0.833. The van der Waals surface area contributed by atoms with E-state index in [1.165, 1.54) is 0 Å². The van der Waals surface area contributed by atoms with Crippen LogP contribution in [-0.2, 0) is 16.0 Å².